The molecule has 4 aliphatic carbocycles. The molecule has 1 aliphatic heterocycles. The fourth-order valence-corrected chi connectivity index (χ4v) is 9.15. The van der Waals surface area contributed by atoms with Gasteiger partial charge in [0.15, 0.2) is 0 Å². The molecule has 5 rings (SSSR count). The van der Waals surface area contributed by atoms with Crippen molar-refractivity contribution in [3.05, 3.63) is 0 Å². The van der Waals surface area contributed by atoms with Crippen LogP contribution in [-0.2, 0) is 0 Å². The molecule has 1 heterocycles. The highest BCUT2D eigenvalue weighted by molar-refractivity contribution is 7.40. The minimum absolute atomic E-state index is 0.889. The first-order chi connectivity index (χ1) is 8.31. The van der Waals surface area contributed by atoms with E-state index in [4.69, 9.17) is 0 Å². The maximum Gasteiger partial charge on any atom is -0.00797 e. The van der Waals surface area contributed by atoms with Crippen LogP contribution in [0.25, 0.3) is 0 Å². The zero-order chi connectivity index (χ0) is 11.5. The first-order valence-electron chi connectivity index (χ1n) is 8.06. The van der Waals surface area contributed by atoms with E-state index < -0.39 is 0 Å². The molecule has 1 heteroatoms. The van der Waals surface area contributed by atoms with E-state index in [0.717, 1.165) is 22.4 Å². The normalized spacial score (nSPS) is 54.2. The highest BCUT2D eigenvalue weighted by Gasteiger charge is 2.73. The second kappa shape index (κ2) is 3.72. The molecule has 5 aliphatic rings. The van der Waals surface area contributed by atoms with Crippen LogP contribution in [-0.4, -0.2) is 11.3 Å². The summed E-state index contributed by atoms with van der Waals surface area (Å²) in [7, 11) is 1.35. The largest absolute Gasteiger partial charge is 0.115 e. The molecule has 17 heavy (non-hydrogen) atoms. The molecule has 5 fully saturated rings. The lowest BCUT2D eigenvalue weighted by molar-refractivity contribution is -0.0330. The summed E-state index contributed by atoms with van der Waals surface area (Å²) >= 11 is 0. The Kier molecular flexibility index (Phi) is 2.47. The van der Waals surface area contributed by atoms with Crippen LogP contribution in [0.4, 0.5) is 0 Å². The third kappa shape index (κ3) is 1.29. The van der Waals surface area contributed by atoms with E-state index in [1.165, 1.54) is 20.9 Å². The van der Waals surface area contributed by atoms with Crippen LogP contribution in [0.5, 0.6) is 0 Å². The molecule has 0 aromatic carbocycles. The molecule has 0 aromatic rings. The topological polar surface area (TPSA) is 0 Å². The van der Waals surface area contributed by atoms with E-state index in [2.05, 4.69) is 6.92 Å². The van der Waals surface area contributed by atoms with Gasteiger partial charge in [-0.1, -0.05) is 32.6 Å². The Morgan fingerprint density at radius 1 is 1.18 bits per heavy atom. The van der Waals surface area contributed by atoms with Crippen molar-refractivity contribution in [3.8, 4) is 0 Å². The first kappa shape index (κ1) is 11.3. The fourth-order valence-electron chi connectivity index (χ4n) is 6.55. The van der Waals surface area contributed by atoms with Crippen LogP contribution in [0, 0.1) is 23.2 Å². The summed E-state index contributed by atoms with van der Waals surface area (Å²) in [5, 5.41) is 0.919. The molecule has 0 amide bonds. The van der Waals surface area contributed by atoms with E-state index in [9.17, 15) is 0 Å². The molecule has 0 aromatic heterocycles. The fraction of sp³-hybridized carbons (Fsp3) is 1.00. The van der Waals surface area contributed by atoms with E-state index >= 15 is 0 Å². The van der Waals surface area contributed by atoms with E-state index in [1.54, 1.807) is 57.5 Å². The minimum Gasteiger partial charge on any atom is -0.115 e. The summed E-state index contributed by atoms with van der Waals surface area (Å²) < 4.78 is 0. The van der Waals surface area contributed by atoms with Gasteiger partial charge in [0.05, 0.1) is 0 Å². The summed E-state index contributed by atoms with van der Waals surface area (Å²) in [4.78, 5) is 0. The third-order valence-corrected chi connectivity index (χ3v) is 9.08. The summed E-state index contributed by atoms with van der Waals surface area (Å²) in [5.74, 6) is 3.51. The molecule has 1 spiro atoms. The Balaban J connectivity index is 1.61. The molecule has 1 saturated heterocycles. The van der Waals surface area contributed by atoms with Crippen LogP contribution in [0.1, 0.15) is 64.7 Å². The van der Waals surface area contributed by atoms with Gasteiger partial charge in [0.2, 0.25) is 0 Å². The lowest BCUT2D eigenvalue weighted by Crippen LogP contribution is -2.54. The Morgan fingerprint density at radius 3 is 2.76 bits per heavy atom. The zero-order valence-corrected chi connectivity index (χ0v) is 12.3. The third-order valence-electron chi connectivity index (χ3n) is 6.91. The molecule has 0 N–H and O–H groups in total. The predicted octanol–water partition coefficient (Wildman–Crippen LogP) is 4.82. The Morgan fingerprint density at radius 2 is 2.00 bits per heavy atom. The van der Waals surface area contributed by atoms with Gasteiger partial charge in [0.25, 0.3) is 0 Å². The number of hydrogen-bond acceptors (Lipinski definition) is 0. The average Bonchev–Trinajstić information content (AvgIpc) is 3.01. The van der Waals surface area contributed by atoms with Gasteiger partial charge < -0.3 is 0 Å². The molecular weight excluding hydrogens is 223 g/mol. The van der Waals surface area contributed by atoms with Crippen molar-refractivity contribution < 1.29 is 0 Å². The van der Waals surface area contributed by atoms with Crippen LogP contribution < -0.4 is 0 Å². The minimum atomic E-state index is 0.889. The SMILES string of the molecule is CCCC1CPC23CCC(C4CCCC4)(C2)C13. The van der Waals surface area contributed by atoms with Gasteiger partial charge in [-0.05, 0) is 66.6 Å². The van der Waals surface area contributed by atoms with Gasteiger partial charge >= 0.3 is 0 Å². The maximum absolute atomic E-state index is 2.40. The molecular formula is C16H27P. The van der Waals surface area contributed by atoms with Crippen LogP contribution in [0.3, 0.4) is 0 Å². The van der Waals surface area contributed by atoms with Crippen molar-refractivity contribution in [2.24, 2.45) is 23.2 Å². The van der Waals surface area contributed by atoms with Gasteiger partial charge in [0.1, 0.15) is 0 Å². The zero-order valence-electron chi connectivity index (χ0n) is 11.3. The smallest absolute Gasteiger partial charge is 0.00797 e. The number of fused-ring (bicyclic) bond motifs is 1. The van der Waals surface area contributed by atoms with Crippen molar-refractivity contribution in [1.29, 1.82) is 0 Å². The average molecular weight is 250 g/mol. The first-order valence-corrected chi connectivity index (χ1v) is 9.26. The second-order valence-electron chi connectivity index (χ2n) is 7.45. The van der Waals surface area contributed by atoms with E-state index in [1.807, 2.05) is 0 Å². The van der Waals surface area contributed by atoms with Gasteiger partial charge in [-0.25, -0.2) is 0 Å². The van der Waals surface area contributed by atoms with Crippen LogP contribution in [0.2, 0.25) is 0 Å². The van der Waals surface area contributed by atoms with Crippen molar-refractivity contribution in [2.45, 2.75) is 69.9 Å². The maximum atomic E-state index is 2.40. The highest BCUT2D eigenvalue weighted by Crippen LogP contribution is 2.82. The van der Waals surface area contributed by atoms with Crippen molar-refractivity contribution in [3.63, 3.8) is 0 Å². The Hall–Kier alpha value is 0.430. The Labute approximate surface area is 108 Å². The predicted molar refractivity (Wildman–Crippen MR) is 76.0 cm³/mol. The second-order valence-corrected chi connectivity index (χ2v) is 9.21. The van der Waals surface area contributed by atoms with Gasteiger partial charge in [0, 0.05) is 0 Å². The number of hydrogen-bond donors (Lipinski definition) is 0. The monoisotopic (exact) mass is 250 g/mol. The van der Waals surface area contributed by atoms with E-state index in [-0.39, 0.29) is 0 Å². The standard InChI is InChI=1S/C16H27P/c1-2-5-12-10-17-16-9-8-15(11-16,14(12)16)13-6-3-4-7-13/h12-14,17H,2-11H2,1H3. The molecule has 0 nitrogen and oxygen atoms in total. The summed E-state index contributed by atoms with van der Waals surface area (Å²) in [5.41, 5.74) is 0.889. The number of rotatable bonds is 3. The summed E-state index contributed by atoms with van der Waals surface area (Å²) in [6, 6.07) is 0. The molecule has 96 valence electrons. The lowest BCUT2D eigenvalue weighted by atomic mass is 9.50. The van der Waals surface area contributed by atoms with Gasteiger partial charge in [-0.2, -0.15) is 0 Å². The van der Waals surface area contributed by atoms with Crippen molar-refractivity contribution in [1.82, 2.24) is 0 Å². The summed E-state index contributed by atoms with van der Waals surface area (Å²) in [6.45, 7) is 2.40. The molecule has 4 saturated carbocycles. The quantitative estimate of drug-likeness (QED) is 0.630. The molecule has 2 bridgehead atoms. The van der Waals surface area contributed by atoms with Crippen LogP contribution in [0.15, 0.2) is 0 Å². The van der Waals surface area contributed by atoms with Gasteiger partial charge in [-0.3, -0.25) is 0 Å². The van der Waals surface area contributed by atoms with Crippen molar-refractivity contribution >= 4 is 8.58 Å². The van der Waals surface area contributed by atoms with E-state index in [0.29, 0.717) is 0 Å². The van der Waals surface area contributed by atoms with Crippen LogP contribution >= 0.6 is 8.58 Å². The molecule has 5 unspecified atom stereocenters. The Bertz CT molecular complexity index is 319. The molecule has 0 radical (unpaired) electrons. The van der Waals surface area contributed by atoms with Crippen molar-refractivity contribution in [2.75, 3.05) is 6.16 Å². The molecule has 5 atom stereocenters. The van der Waals surface area contributed by atoms with Gasteiger partial charge in [-0.15, -0.1) is 8.58 Å². The lowest BCUT2D eigenvalue weighted by Gasteiger charge is -2.57. The highest BCUT2D eigenvalue weighted by atomic mass is 31.1. The summed E-state index contributed by atoms with van der Waals surface area (Å²) in [6.07, 6.45) is 15.8.